The second-order valence-electron chi connectivity index (χ2n) is 4.89. The summed E-state index contributed by atoms with van der Waals surface area (Å²) < 4.78 is 0. The predicted molar refractivity (Wildman–Crippen MR) is 74.3 cm³/mol. The Balaban J connectivity index is 2.00. The molecule has 1 atom stereocenters. The minimum Gasteiger partial charge on any atom is -0.396 e. The maximum absolute atomic E-state index is 8.94. The third-order valence-corrected chi connectivity index (χ3v) is 3.68. The van der Waals surface area contributed by atoms with Crippen LogP contribution in [0.25, 0.3) is 0 Å². The van der Waals surface area contributed by atoms with Crippen molar-refractivity contribution in [2.24, 2.45) is 0 Å². The fourth-order valence-electron chi connectivity index (χ4n) is 2.45. The molecule has 1 heterocycles. The molecule has 1 aliphatic rings. The lowest BCUT2D eigenvalue weighted by atomic mass is 10.0. The van der Waals surface area contributed by atoms with Gasteiger partial charge in [-0.15, -0.1) is 0 Å². The summed E-state index contributed by atoms with van der Waals surface area (Å²) in [5.74, 6) is 0. The van der Waals surface area contributed by atoms with Crippen molar-refractivity contribution in [1.82, 2.24) is 4.90 Å². The van der Waals surface area contributed by atoms with Crippen LogP contribution in [0.1, 0.15) is 24.8 Å². The van der Waals surface area contributed by atoms with Gasteiger partial charge < -0.3 is 16.0 Å². The Morgan fingerprint density at radius 3 is 3.06 bits per heavy atom. The van der Waals surface area contributed by atoms with Crippen LogP contribution in [-0.4, -0.2) is 31.1 Å². The maximum Gasteiger partial charge on any atom is 0.101 e. The van der Waals surface area contributed by atoms with E-state index in [0.717, 1.165) is 12.2 Å². The highest BCUT2D eigenvalue weighted by atomic mass is 15.2. The normalized spacial score (nSPS) is 20.3. The number of nitrogens with one attached hydrogen (secondary N) is 1. The lowest BCUT2D eigenvalue weighted by molar-refractivity contribution is 0.194. The van der Waals surface area contributed by atoms with Gasteiger partial charge in [0.2, 0.25) is 0 Å². The average Bonchev–Trinajstić information content (AvgIpc) is 2.39. The molecule has 0 amide bonds. The highest BCUT2D eigenvalue weighted by Crippen LogP contribution is 2.23. The van der Waals surface area contributed by atoms with E-state index >= 15 is 0 Å². The highest BCUT2D eigenvalue weighted by Gasteiger charge is 2.18. The maximum atomic E-state index is 8.94. The third-order valence-electron chi connectivity index (χ3n) is 3.68. The molecular formula is C14H20N4. The summed E-state index contributed by atoms with van der Waals surface area (Å²) in [5, 5.41) is 12.3. The summed E-state index contributed by atoms with van der Waals surface area (Å²) >= 11 is 0. The lowest BCUT2D eigenvalue weighted by Crippen LogP contribution is -2.40. The van der Waals surface area contributed by atoms with Gasteiger partial charge in [0.1, 0.15) is 6.07 Å². The van der Waals surface area contributed by atoms with E-state index in [1.54, 1.807) is 6.07 Å². The van der Waals surface area contributed by atoms with E-state index in [2.05, 4.69) is 23.3 Å². The molecule has 4 heteroatoms. The van der Waals surface area contributed by atoms with E-state index in [9.17, 15) is 0 Å². The molecule has 0 bridgehead atoms. The molecule has 1 saturated heterocycles. The zero-order valence-corrected chi connectivity index (χ0v) is 10.8. The Hall–Kier alpha value is -1.73. The molecule has 96 valence electrons. The molecule has 0 aromatic heterocycles. The van der Waals surface area contributed by atoms with E-state index in [0.29, 0.717) is 17.3 Å². The topological polar surface area (TPSA) is 65.1 Å². The largest absolute Gasteiger partial charge is 0.396 e. The number of piperidine rings is 1. The van der Waals surface area contributed by atoms with Crippen molar-refractivity contribution in [2.45, 2.75) is 25.3 Å². The van der Waals surface area contributed by atoms with Crippen molar-refractivity contribution in [3.05, 3.63) is 23.8 Å². The Kier molecular flexibility index (Phi) is 4.06. The van der Waals surface area contributed by atoms with Gasteiger partial charge in [0.25, 0.3) is 0 Å². The molecule has 4 nitrogen and oxygen atoms in total. The monoisotopic (exact) mass is 244 g/mol. The van der Waals surface area contributed by atoms with Crippen molar-refractivity contribution in [2.75, 3.05) is 31.2 Å². The van der Waals surface area contributed by atoms with Crippen LogP contribution in [0.4, 0.5) is 11.4 Å². The Labute approximate surface area is 108 Å². The number of nitrogens with two attached hydrogens (primary N) is 1. The van der Waals surface area contributed by atoms with E-state index in [1.807, 2.05) is 12.1 Å². The Morgan fingerprint density at radius 1 is 1.50 bits per heavy atom. The smallest absolute Gasteiger partial charge is 0.101 e. The zero-order valence-electron chi connectivity index (χ0n) is 10.8. The van der Waals surface area contributed by atoms with Crippen LogP contribution in [0.5, 0.6) is 0 Å². The first-order valence-electron chi connectivity index (χ1n) is 6.45. The fraction of sp³-hybridized carbons (Fsp3) is 0.500. The minimum absolute atomic E-state index is 0.539. The first-order valence-corrected chi connectivity index (χ1v) is 6.45. The minimum atomic E-state index is 0.539. The summed E-state index contributed by atoms with van der Waals surface area (Å²) in [6.45, 7) is 2.05. The van der Waals surface area contributed by atoms with Crippen molar-refractivity contribution < 1.29 is 0 Å². The van der Waals surface area contributed by atoms with E-state index in [4.69, 9.17) is 11.0 Å². The fourth-order valence-corrected chi connectivity index (χ4v) is 2.45. The molecular weight excluding hydrogens is 224 g/mol. The molecule has 18 heavy (non-hydrogen) atoms. The summed E-state index contributed by atoms with van der Waals surface area (Å²) in [4.78, 5) is 2.39. The molecule has 0 radical (unpaired) electrons. The Bertz CT molecular complexity index is 450. The van der Waals surface area contributed by atoms with Crippen LogP contribution < -0.4 is 11.1 Å². The van der Waals surface area contributed by atoms with Crippen LogP contribution in [0.15, 0.2) is 18.2 Å². The molecule has 1 unspecified atom stereocenters. The standard InChI is InChI=1S/C14H20N4/c1-18-8-3-2-6-12(18)10-17-13-7-4-5-11(9-15)14(13)16/h4-5,7,12,17H,2-3,6,8,10,16H2,1H3. The molecule has 1 aliphatic heterocycles. The SMILES string of the molecule is CN1CCCCC1CNc1cccc(C#N)c1N. The van der Waals surface area contributed by atoms with Gasteiger partial charge in [-0.1, -0.05) is 12.5 Å². The van der Waals surface area contributed by atoms with Gasteiger partial charge in [0.05, 0.1) is 16.9 Å². The number of rotatable bonds is 3. The second kappa shape index (κ2) is 5.74. The van der Waals surface area contributed by atoms with Gasteiger partial charge >= 0.3 is 0 Å². The summed E-state index contributed by atoms with van der Waals surface area (Å²) in [5.41, 5.74) is 7.91. The number of likely N-dealkylation sites (tertiary alicyclic amines) is 1. The van der Waals surface area contributed by atoms with Crippen molar-refractivity contribution in [3.63, 3.8) is 0 Å². The predicted octanol–water partition coefficient (Wildman–Crippen LogP) is 2.04. The van der Waals surface area contributed by atoms with E-state index < -0.39 is 0 Å². The van der Waals surface area contributed by atoms with Crippen LogP contribution in [-0.2, 0) is 0 Å². The number of nitriles is 1. The van der Waals surface area contributed by atoms with Crippen molar-refractivity contribution >= 4 is 11.4 Å². The molecule has 1 aromatic rings. The number of anilines is 2. The number of hydrogen-bond donors (Lipinski definition) is 2. The number of para-hydroxylation sites is 1. The van der Waals surface area contributed by atoms with Crippen LogP contribution in [0.2, 0.25) is 0 Å². The lowest BCUT2D eigenvalue weighted by Gasteiger charge is -2.32. The van der Waals surface area contributed by atoms with Crippen LogP contribution >= 0.6 is 0 Å². The number of hydrogen-bond acceptors (Lipinski definition) is 4. The molecule has 0 saturated carbocycles. The van der Waals surface area contributed by atoms with Crippen LogP contribution in [0, 0.1) is 11.3 Å². The molecule has 1 fully saturated rings. The molecule has 3 N–H and O–H groups in total. The average molecular weight is 244 g/mol. The number of nitrogen functional groups attached to an aromatic ring is 1. The number of benzene rings is 1. The zero-order chi connectivity index (χ0) is 13.0. The van der Waals surface area contributed by atoms with Crippen molar-refractivity contribution in [3.8, 4) is 6.07 Å². The van der Waals surface area contributed by atoms with Gasteiger partial charge in [-0.25, -0.2) is 0 Å². The quantitative estimate of drug-likeness (QED) is 0.799. The molecule has 0 spiro atoms. The summed E-state index contributed by atoms with van der Waals surface area (Å²) in [6.07, 6.45) is 3.81. The summed E-state index contributed by atoms with van der Waals surface area (Å²) in [7, 11) is 2.17. The highest BCUT2D eigenvalue weighted by molar-refractivity contribution is 5.72. The van der Waals surface area contributed by atoms with Gasteiger partial charge in [-0.05, 0) is 38.6 Å². The van der Waals surface area contributed by atoms with Gasteiger partial charge in [-0.3, -0.25) is 0 Å². The van der Waals surface area contributed by atoms with Gasteiger partial charge in [0, 0.05) is 12.6 Å². The van der Waals surface area contributed by atoms with E-state index in [1.165, 1.54) is 25.8 Å². The summed E-state index contributed by atoms with van der Waals surface area (Å²) in [6, 6.07) is 8.20. The van der Waals surface area contributed by atoms with Crippen LogP contribution in [0.3, 0.4) is 0 Å². The first-order chi connectivity index (χ1) is 8.72. The molecule has 2 rings (SSSR count). The number of nitrogens with zero attached hydrogens (tertiary/aromatic N) is 2. The third kappa shape index (κ3) is 2.74. The second-order valence-corrected chi connectivity index (χ2v) is 4.89. The van der Waals surface area contributed by atoms with Gasteiger partial charge in [0.15, 0.2) is 0 Å². The van der Waals surface area contributed by atoms with E-state index in [-0.39, 0.29) is 0 Å². The van der Waals surface area contributed by atoms with Gasteiger partial charge in [-0.2, -0.15) is 5.26 Å². The molecule has 1 aromatic carbocycles. The number of likely N-dealkylation sites (N-methyl/N-ethyl adjacent to an activating group) is 1. The molecule has 0 aliphatic carbocycles. The Morgan fingerprint density at radius 2 is 2.33 bits per heavy atom. The first kappa shape index (κ1) is 12.7. The van der Waals surface area contributed by atoms with Crippen molar-refractivity contribution in [1.29, 1.82) is 5.26 Å².